The molecule has 5 nitrogen and oxygen atoms in total. The highest BCUT2D eigenvalue weighted by atomic mass is 19.4. The topological polar surface area (TPSA) is 76.4 Å². The van der Waals surface area contributed by atoms with E-state index in [0.717, 1.165) is 18.2 Å². The van der Waals surface area contributed by atoms with Crippen molar-refractivity contribution in [3.8, 4) is 0 Å². The van der Waals surface area contributed by atoms with Crippen LogP contribution in [-0.2, 0) is 22.3 Å². The highest BCUT2D eigenvalue weighted by Crippen LogP contribution is 2.36. The van der Waals surface area contributed by atoms with Gasteiger partial charge < -0.3 is 21.1 Å². The molecule has 29 heavy (non-hydrogen) atoms. The summed E-state index contributed by atoms with van der Waals surface area (Å²) >= 11 is 0. The number of hydrogen-bond acceptors (Lipinski definition) is 4. The van der Waals surface area contributed by atoms with Gasteiger partial charge in [0.2, 0.25) is 5.91 Å². The number of ether oxygens (including phenoxy) is 1. The summed E-state index contributed by atoms with van der Waals surface area (Å²) < 4.78 is 71.8. The smallest absolute Gasteiger partial charge is 0.379 e. The quantitative estimate of drug-likeness (QED) is 0.654. The fourth-order valence-electron chi connectivity index (χ4n) is 2.90. The molecule has 1 unspecified atom stereocenters. The van der Waals surface area contributed by atoms with Crippen molar-refractivity contribution in [2.24, 2.45) is 5.73 Å². The van der Waals surface area contributed by atoms with E-state index in [9.17, 15) is 26.7 Å². The lowest BCUT2D eigenvalue weighted by molar-refractivity contribution is -0.137. The van der Waals surface area contributed by atoms with Gasteiger partial charge in [0, 0.05) is 24.4 Å². The molecule has 10 heteroatoms. The molecular formula is C19H18F5N3O2. The fraction of sp³-hybridized carbons (Fsp3) is 0.316. The van der Waals surface area contributed by atoms with Crippen molar-refractivity contribution in [2.75, 3.05) is 18.5 Å². The van der Waals surface area contributed by atoms with Crippen LogP contribution in [0.25, 0.3) is 0 Å². The molecule has 1 saturated heterocycles. The molecule has 0 saturated carbocycles. The summed E-state index contributed by atoms with van der Waals surface area (Å²) in [4.78, 5) is 12.1. The molecule has 1 amide bonds. The molecular weight excluding hydrogens is 397 g/mol. The Hall–Kier alpha value is -2.72. The van der Waals surface area contributed by atoms with Crippen molar-refractivity contribution >= 4 is 17.3 Å². The predicted molar refractivity (Wildman–Crippen MR) is 95.3 cm³/mol. The van der Waals surface area contributed by atoms with E-state index in [1.54, 1.807) is 0 Å². The van der Waals surface area contributed by atoms with Gasteiger partial charge in [0.25, 0.3) is 0 Å². The van der Waals surface area contributed by atoms with Crippen molar-refractivity contribution in [3.05, 3.63) is 59.2 Å². The first-order valence-corrected chi connectivity index (χ1v) is 8.66. The lowest BCUT2D eigenvalue weighted by Crippen LogP contribution is -2.54. The number of anilines is 2. The second-order valence-electron chi connectivity index (χ2n) is 6.76. The van der Waals surface area contributed by atoms with Crippen LogP contribution in [0.3, 0.4) is 0 Å². The number of amides is 1. The van der Waals surface area contributed by atoms with Gasteiger partial charge >= 0.3 is 6.18 Å². The highest BCUT2D eigenvalue weighted by Gasteiger charge is 2.38. The van der Waals surface area contributed by atoms with Crippen molar-refractivity contribution < 1.29 is 31.5 Å². The van der Waals surface area contributed by atoms with Crippen LogP contribution in [0.5, 0.6) is 0 Å². The van der Waals surface area contributed by atoms with E-state index in [4.69, 9.17) is 10.5 Å². The number of alkyl halides is 3. The molecule has 0 aliphatic carbocycles. The molecule has 2 aromatic rings. The Morgan fingerprint density at radius 1 is 1.17 bits per heavy atom. The maximum Gasteiger partial charge on any atom is 0.418 e. The van der Waals surface area contributed by atoms with Crippen LogP contribution < -0.4 is 16.4 Å². The van der Waals surface area contributed by atoms with Gasteiger partial charge in [0.15, 0.2) is 0 Å². The Morgan fingerprint density at radius 2 is 1.93 bits per heavy atom. The van der Waals surface area contributed by atoms with E-state index >= 15 is 0 Å². The van der Waals surface area contributed by atoms with E-state index in [0.29, 0.717) is 19.1 Å². The Kier molecular flexibility index (Phi) is 5.76. The van der Waals surface area contributed by atoms with E-state index in [1.807, 2.05) is 0 Å². The molecule has 0 aromatic heterocycles. The minimum Gasteiger partial charge on any atom is -0.379 e. The lowest BCUT2D eigenvalue weighted by Gasteiger charge is -2.20. The lowest BCUT2D eigenvalue weighted by atomic mass is 9.99. The summed E-state index contributed by atoms with van der Waals surface area (Å²) in [6, 6.07) is 5.82. The van der Waals surface area contributed by atoms with E-state index in [1.165, 1.54) is 12.1 Å². The molecule has 3 rings (SSSR count). The van der Waals surface area contributed by atoms with Gasteiger partial charge in [-0.3, -0.25) is 4.79 Å². The van der Waals surface area contributed by atoms with E-state index in [2.05, 4.69) is 10.6 Å². The molecule has 1 aliphatic heterocycles. The van der Waals surface area contributed by atoms with Crippen LogP contribution >= 0.6 is 0 Å². The van der Waals surface area contributed by atoms with Crippen LogP contribution in [0.1, 0.15) is 17.5 Å². The van der Waals surface area contributed by atoms with Gasteiger partial charge in [-0.25, -0.2) is 8.78 Å². The van der Waals surface area contributed by atoms with Gasteiger partial charge in [-0.15, -0.1) is 0 Å². The predicted octanol–water partition coefficient (Wildman–Crippen LogP) is 3.46. The number of rotatable bonds is 5. The van der Waals surface area contributed by atoms with Gasteiger partial charge in [-0.1, -0.05) is 6.07 Å². The molecule has 1 heterocycles. The minimum atomic E-state index is -4.78. The third kappa shape index (κ3) is 4.83. The fourth-order valence-corrected chi connectivity index (χ4v) is 2.90. The molecule has 1 atom stereocenters. The zero-order valence-corrected chi connectivity index (χ0v) is 15.1. The van der Waals surface area contributed by atoms with Crippen LogP contribution in [0.2, 0.25) is 0 Å². The molecule has 0 spiro atoms. The first kappa shape index (κ1) is 21.0. The van der Waals surface area contributed by atoms with Crippen LogP contribution in [0.15, 0.2) is 36.4 Å². The number of halogens is 5. The zero-order chi connectivity index (χ0) is 21.2. The summed E-state index contributed by atoms with van der Waals surface area (Å²) in [5.41, 5.74) is 3.30. The van der Waals surface area contributed by atoms with Crippen molar-refractivity contribution in [3.63, 3.8) is 0 Å². The number of hydrogen-bond donors (Lipinski definition) is 3. The van der Waals surface area contributed by atoms with Crippen LogP contribution in [0, 0.1) is 11.6 Å². The number of nitrogens with two attached hydrogens (primary N) is 1. The third-order valence-corrected chi connectivity index (χ3v) is 4.56. The van der Waals surface area contributed by atoms with E-state index < -0.39 is 40.5 Å². The minimum absolute atomic E-state index is 0.0363. The van der Waals surface area contributed by atoms with Gasteiger partial charge in [-0.05, 0) is 36.8 Å². The summed E-state index contributed by atoms with van der Waals surface area (Å²) in [5.74, 6) is -2.25. The van der Waals surface area contributed by atoms with Crippen molar-refractivity contribution in [1.82, 2.24) is 5.32 Å². The highest BCUT2D eigenvalue weighted by molar-refractivity contribution is 5.86. The Bertz CT molecular complexity index is 911. The van der Waals surface area contributed by atoms with Crippen LogP contribution in [0.4, 0.5) is 33.3 Å². The second kappa shape index (κ2) is 7.96. The van der Waals surface area contributed by atoms with Crippen LogP contribution in [-0.4, -0.2) is 24.7 Å². The zero-order valence-electron chi connectivity index (χ0n) is 15.1. The number of benzene rings is 2. The first-order valence-electron chi connectivity index (χ1n) is 8.66. The molecule has 1 fully saturated rings. The number of carbonyl (C=O) groups is 1. The molecule has 1 aliphatic rings. The van der Waals surface area contributed by atoms with Gasteiger partial charge in [0.05, 0.1) is 17.9 Å². The second-order valence-corrected chi connectivity index (χ2v) is 6.76. The standard InChI is InChI=1S/C19H18F5N3O2/c20-12-2-4-16(14(7-12)19(22,23)24)27-13-3-1-11(15(21)8-13)9-26-17(28)18(25)5-6-29-10-18/h1-4,7-8,27H,5-6,9-10,25H2,(H,26,28). The van der Waals surface area contributed by atoms with Crippen molar-refractivity contribution in [2.45, 2.75) is 24.7 Å². The third-order valence-electron chi connectivity index (χ3n) is 4.56. The first-order chi connectivity index (χ1) is 13.6. The molecule has 156 valence electrons. The molecule has 0 radical (unpaired) electrons. The molecule has 0 bridgehead atoms. The number of nitrogens with one attached hydrogen (secondary N) is 2. The number of carbonyl (C=O) groups excluding carboxylic acids is 1. The molecule has 2 aromatic carbocycles. The van der Waals surface area contributed by atoms with Gasteiger partial charge in [-0.2, -0.15) is 13.2 Å². The maximum absolute atomic E-state index is 14.3. The van der Waals surface area contributed by atoms with Gasteiger partial charge in [0.1, 0.15) is 17.2 Å². The summed E-state index contributed by atoms with van der Waals surface area (Å²) in [6.45, 7) is 0.291. The summed E-state index contributed by atoms with van der Waals surface area (Å²) in [7, 11) is 0. The monoisotopic (exact) mass is 415 g/mol. The van der Waals surface area contributed by atoms with E-state index in [-0.39, 0.29) is 24.4 Å². The SMILES string of the molecule is NC1(C(=O)NCc2ccc(Nc3ccc(F)cc3C(F)(F)F)cc2F)CCOC1. The average molecular weight is 415 g/mol. The Labute approximate surface area is 163 Å². The average Bonchev–Trinajstić information content (AvgIpc) is 3.09. The summed E-state index contributed by atoms with van der Waals surface area (Å²) in [6.07, 6.45) is -4.43. The Balaban J connectivity index is 1.71. The normalized spacial score (nSPS) is 19.2. The largest absolute Gasteiger partial charge is 0.418 e. The maximum atomic E-state index is 14.3. The summed E-state index contributed by atoms with van der Waals surface area (Å²) in [5, 5.41) is 4.97. The Morgan fingerprint density at radius 3 is 2.55 bits per heavy atom. The molecule has 4 N–H and O–H groups in total. The van der Waals surface area contributed by atoms with Crippen molar-refractivity contribution in [1.29, 1.82) is 0 Å².